The zero-order valence-electron chi connectivity index (χ0n) is 11.0. The lowest BCUT2D eigenvalue weighted by atomic mass is 10.2. The number of hydrogen-bond donors (Lipinski definition) is 1. The number of nitrogens with zero attached hydrogens (tertiary/aromatic N) is 2. The number of hydrogen-bond acceptors (Lipinski definition) is 4. The van der Waals surface area contributed by atoms with E-state index in [0.29, 0.717) is 20.3 Å². The Morgan fingerprint density at radius 3 is 2.82 bits per heavy atom. The van der Waals surface area contributed by atoms with Crippen LogP contribution in [0.4, 0.5) is 4.79 Å². The monoisotopic (exact) mass is 353 g/mol. The largest absolute Gasteiger partial charge is 0.338 e. The van der Waals surface area contributed by atoms with Gasteiger partial charge in [-0.15, -0.1) is 0 Å². The van der Waals surface area contributed by atoms with Crippen LogP contribution in [0.1, 0.15) is 5.56 Å². The molecule has 0 atom stereocenters. The number of carbonyl (C=O) groups excluding carboxylic acids is 1. The Morgan fingerprint density at radius 2 is 2.09 bits per heavy atom. The van der Waals surface area contributed by atoms with Gasteiger partial charge in [0.15, 0.2) is 0 Å². The van der Waals surface area contributed by atoms with E-state index in [2.05, 4.69) is 10.3 Å². The fraction of sp³-hybridized carbons (Fsp3) is 0.0714. The molecule has 0 aliphatic carbocycles. The van der Waals surface area contributed by atoms with Crippen LogP contribution in [0.15, 0.2) is 41.3 Å². The van der Waals surface area contributed by atoms with E-state index in [1.165, 1.54) is 0 Å². The number of aromatic nitrogens is 2. The van der Waals surface area contributed by atoms with Gasteiger partial charge in [0.1, 0.15) is 4.83 Å². The van der Waals surface area contributed by atoms with Gasteiger partial charge < -0.3 is 5.32 Å². The predicted octanol–water partition coefficient (Wildman–Crippen LogP) is 3.52. The van der Waals surface area contributed by atoms with Gasteiger partial charge in [-0.2, -0.15) is 3.96 Å². The predicted molar refractivity (Wildman–Crippen MR) is 88.0 cm³/mol. The molecule has 0 unspecified atom stereocenters. The minimum absolute atomic E-state index is 0.240. The van der Waals surface area contributed by atoms with Crippen molar-refractivity contribution in [1.29, 1.82) is 0 Å². The average Bonchev–Trinajstić information content (AvgIpc) is 2.86. The van der Waals surface area contributed by atoms with Gasteiger partial charge in [-0.1, -0.05) is 29.3 Å². The summed E-state index contributed by atoms with van der Waals surface area (Å²) >= 11 is 12.8. The maximum absolute atomic E-state index is 12.1. The molecule has 8 heteroatoms. The summed E-state index contributed by atoms with van der Waals surface area (Å²) in [5.74, 6) is 0. The van der Waals surface area contributed by atoms with Gasteiger partial charge in [-0.3, -0.25) is 4.79 Å². The molecule has 3 aromatic rings. The van der Waals surface area contributed by atoms with E-state index < -0.39 is 6.03 Å². The van der Waals surface area contributed by atoms with Gasteiger partial charge >= 0.3 is 6.03 Å². The van der Waals surface area contributed by atoms with Crippen LogP contribution in [0.25, 0.3) is 10.2 Å². The van der Waals surface area contributed by atoms with Gasteiger partial charge in [-0.25, -0.2) is 9.78 Å². The number of pyridine rings is 1. The third kappa shape index (κ3) is 2.85. The van der Waals surface area contributed by atoms with Gasteiger partial charge in [-0.05, 0) is 41.4 Å². The van der Waals surface area contributed by atoms with Crippen molar-refractivity contribution < 1.29 is 4.79 Å². The smallest absolute Gasteiger partial charge is 0.333 e. The van der Waals surface area contributed by atoms with Crippen molar-refractivity contribution in [2.75, 3.05) is 0 Å². The summed E-state index contributed by atoms with van der Waals surface area (Å²) in [6, 6.07) is 7.88. The van der Waals surface area contributed by atoms with Gasteiger partial charge in [0.25, 0.3) is 5.56 Å². The Morgan fingerprint density at radius 1 is 1.27 bits per heavy atom. The number of rotatable bonds is 2. The second-order valence-corrected chi connectivity index (χ2v) is 6.20. The first-order valence-corrected chi connectivity index (χ1v) is 7.78. The van der Waals surface area contributed by atoms with Crippen LogP contribution < -0.4 is 10.9 Å². The standard InChI is InChI=1S/C14H9Cl2N3O2S/c15-10-4-3-8(6-11(10)16)7-18-14(21)19-13(20)9-2-1-5-17-12(9)22-19/h1-6H,7H2,(H,18,21). The highest BCUT2D eigenvalue weighted by Gasteiger charge is 2.14. The summed E-state index contributed by atoms with van der Waals surface area (Å²) in [6.07, 6.45) is 1.58. The number of nitrogens with one attached hydrogen (secondary N) is 1. The van der Waals surface area contributed by atoms with Crippen molar-refractivity contribution >= 4 is 51.0 Å². The Labute approximate surface area is 139 Å². The third-order valence-electron chi connectivity index (χ3n) is 2.98. The van der Waals surface area contributed by atoms with E-state index in [4.69, 9.17) is 23.2 Å². The lowest BCUT2D eigenvalue weighted by Crippen LogP contribution is -2.32. The summed E-state index contributed by atoms with van der Waals surface area (Å²) in [5, 5.41) is 3.96. The number of halogens is 2. The quantitative estimate of drug-likeness (QED) is 0.766. The van der Waals surface area contributed by atoms with Crippen molar-refractivity contribution in [3.8, 4) is 0 Å². The Hall–Kier alpha value is -1.89. The van der Waals surface area contributed by atoms with Crippen molar-refractivity contribution in [1.82, 2.24) is 14.3 Å². The van der Waals surface area contributed by atoms with E-state index in [-0.39, 0.29) is 12.1 Å². The summed E-state index contributed by atoms with van der Waals surface area (Å²) in [7, 11) is 0. The zero-order valence-corrected chi connectivity index (χ0v) is 13.4. The van der Waals surface area contributed by atoms with Crippen LogP contribution in [0, 0.1) is 0 Å². The normalized spacial score (nSPS) is 10.8. The molecule has 0 saturated heterocycles. The fourth-order valence-corrected chi connectivity index (χ4v) is 3.08. The summed E-state index contributed by atoms with van der Waals surface area (Å²) in [5.41, 5.74) is 0.412. The second kappa shape index (κ2) is 6.08. The first-order chi connectivity index (χ1) is 10.6. The van der Waals surface area contributed by atoms with E-state index in [9.17, 15) is 9.59 Å². The highest BCUT2D eigenvalue weighted by atomic mass is 35.5. The summed E-state index contributed by atoms with van der Waals surface area (Å²) < 4.78 is 1.05. The van der Waals surface area contributed by atoms with Crippen LogP contribution in [0.5, 0.6) is 0 Å². The number of carbonyl (C=O) groups is 1. The molecule has 0 radical (unpaired) electrons. The van der Waals surface area contributed by atoms with Gasteiger partial charge in [0.05, 0.1) is 15.4 Å². The van der Waals surface area contributed by atoms with Crippen molar-refractivity contribution in [3.63, 3.8) is 0 Å². The highest BCUT2D eigenvalue weighted by molar-refractivity contribution is 7.14. The molecule has 5 nitrogen and oxygen atoms in total. The summed E-state index contributed by atoms with van der Waals surface area (Å²) in [6.45, 7) is 0.240. The molecule has 22 heavy (non-hydrogen) atoms. The molecule has 112 valence electrons. The molecule has 0 aliphatic heterocycles. The topological polar surface area (TPSA) is 64.0 Å². The van der Waals surface area contributed by atoms with Crippen LogP contribution in [-0.2, 0) is 6.54 Å². The highest BCUT2D eigenvalue weighted by Crippen LogP contribution is 2.22. The fourth-order valence-electron chi connectivity index (χ4n) is 1.90. The number of fused-ring (bicyclic) bond motifs is 1. The maximum Gasteiger partial charge on any atom is 0.338 e. The molecule has 3 rings (SSSR count). The zero-order chi connectivity index (χ0) is 15.7. The minimum atomic E-state index is -0.501. The molecular formula is C14H9Cl2N3O2S. The van der Waals surface area contributed by atoms with Crippen molar-refractivity contribution in [2.24, 2.45) is 0 Å². The molecule has 0 aliphatic rings. The molecule has 0 spiro atoms. The molecule has 1 N–H and O–H groups in total. The van der Waals surface area contributed by atoms with Gasteiger partial charge in [0.2, 0.25) is 0 Å². The SMILES string of the molecule is O=C(NCc1ccc(Cl)c(Cl)c1)n1sc2ncccc2c1=O. The number of benzene rings is 1. The molecular weight excluding hydrogens is 345 g/mol. The summed E-state index contributed by atoms with van der Waals surface area (Å²) in [4.78, 5) is 28.8. The van der Waals surface area contributed by atoms with E-state index in [1.54, 1.807) is 36.5 Å². The number of amides is 1. The van der Waals surface area contributed by atoms with Crippen LogP contribution >= 0.6 is 34.7 Å². The van der Waals surface area contributed by atoms with Crippen molar-refractivity contribution in [3.05, 3.63) is 62.5 Å². The van der Waals surface area contributed by atoms with Crippen molar-refractivity contribution in [2.45, 2.75) is 6.54 Å². The molecule has 2 aromatic heterocycles. The maximum atomic E-state index is 12.1. The molecule has 0 fully saturated rings. The molecule has 2 heterocycles. The van der Waals surface area contributed by atoms with E-state index in [0.717, 1.165) is 21.1 Å². The lowest BCUT2D eigenvalue weighted by molar-refractivity contribution is 0.243. The average molecular weight is 354 g/mol. The Kier molecular flexibility index (Phi) is 4.15. The van der Waals surface area contributed by atoms with E-state index >= 15 is 0 Å². The third-order valence-corrected chi connectivity index (χ3v) is 4.73. The van der Waals surface area contributed by atoms with Crippen LogP contribution in [-0.4, -0.2) is 15.0 Å². The first-order valence-electron chi connectivity index (χ1n) is 6.25. The minimum Gasteiger partial charge on any atom is -0.333 e. The molecule has 1 amide bonds. The molecule has 0 bridgehead atoms. The van der Waals surface area contributed by atoms with E-state index in [1.807, 2.05) is 0 Å². The second-order valence-electron chi connectivity index (χ2n) is 4.45. The first kappa shape index (κ1) is 15.0. The Bertz CT molecular complexity index is 920. The van der Waals surface area contributed by atoms with Crippen LogP contribution in [0.3, 0.4) is 0 Å². The molecule has 0 saturated carbocycles. The molecule has 1 aromatic carbocycles. The van der Waals surface area contributed by atoms with Gasteiger partial charge in [0, 0.05) is 12.7 Å². The Balaban J connectivity index is 1.80. The van der Waals surface area contributed by atoms with Crippen LogP contribution in [0.2, 0.25) is 10.0 Å². The lowest BCUT2D eigenvalue weighted by Gasteiger charge is -2.05.